The highest BCUT2D eigenvalue weighted by Crippen LogP contribution is 2.35. The van der Waals surface area contributed by atoms with E-state index in [1.54, 1.807) is 11.3 Å². The Bertz CT molecular complexity index is 847. The Labute approximate surface area is 145 Å². The Morgan fingerprint density at radius 2 is 2.12 bits per heavy atom. The number of imidazole rings is 1. The van der Waals surface area contributed by atoms with Crippen LogP contribution in [0.15, 0.2) is 35.4 Å². The van der Waals surface area contributed by atoms with Gasteiger partial charge in [-0.25, -0.2) is 4.98 Å². The Morgan fingerprint density at radius 3 is 2.92 bits per heavy atom. The zero-order chi connectivity index (χ0) is 16.1. The van der Waals surface area contributed by atoms with Crippen molar-refractivity contribution < 1.29 is 0 Å². The van der Waals surface area contributed by atoms with E-state index < -0.39 is 0 Å². The summed E-state index contributed by atoms with van der Waals surface area (Å²) in [6, 6.07) is 2.25. The standard InChI is InChI=1S/C18H21N5S/c1-21-8-15(5-20-21)17-6-19-18-4-14-9-22(7-13-2-3-24-12-13)10-16(14)11-23(17)18/h2-3,5-6,8,12,14,16H,4,7,9-11H2,1H3. The summed E-state index contributed by atoms with van der Waals surface area (Å²) in [5.74, 6) is 2.73. The third-order valence-electron chi connectivity index (χ3n) is 5.44. The molecule has 5 nitrogen and oxygen atoms in total. The average molecular weight is 339 g/mol. The van der Waals surface area contributed by atoms with E-state index in [0.717, 1.165) is 31.3 Å². The van der Waals surface area contributed by atoms with Crippen molar-refractivity contribution in [2.75, 3.05) is 13.1 Å². The van der Waals surface area contributed by atoms with Crippen LogP contribution in [0.3, 0.4) is 0 Å². The maximum absolute atomic E-state index is 4.71. The SMILES string of the molecule is Cn1cc(-c2cnc3n2CC2CN(Cc4ccsc4)CC2C3)cn1. The van der Waals surface area contributed by atoms with E-state index >= 15 is 0 Å². The van der Waals surface area contributed by atoms with Crippen molar-refractivity contribution in [1.29, 1.82) is 0 Å². The van der Waals surface area contributed by atoms with Crippen molar-refractivity contribution in [2.45, 2.75) is 19.5 Å². The van der Waals surface area contributed by atoms with E-state index in [2.05, 4.69) is 37.6 Å². The number of thiophene rings is 1. The third kappa shape index (κ3) is 2.41. The fourth-order valence-corrected chi connectivity index (χ4v) is 4.94. The molecule has 0 N–H and O–H groups in total. The molecule has 2 unspecified atom stereocenters. The van der Waals surface area contributed by atoms with Gasteiger partial charge in [0.2, 0.25) is 0 Å². The molecule has 0 spiro atoms. The molecular weight excluding hydrogens is 318 g/mol. The van der Waals surface area contributed by atoms with Gasteiger partial charge in [-0.1, -0.05) is 0 Å². The maximum Gasteiger partial charge on any atom is 0.109 e. The molecule has 2 aliphatic heterocycles. The lowest BCUT2D eigenvalue weighted by molar-refractivity contribution is 0.307. The van der Waals surface area contributed by atoms with Crippen LogP contribution >= 0.6 is 11.3 Å². The lowest BCUT2D eigenvalue weighted by atomic mass is 9.89. The Balaban J connectivity index is 1.36. The summed E-state index contributed by atoms with van der Waals surface area (Å²) < 4.78 is 4.28. The fraction of sp³-hybridized carbons (Fsp3) is 0.444. The average Bonchev–Trinajstić information content (AvgIpc) is 3.31. The minimum atomic E-state index is 0.737. The molecule has 2 atom stereocenters. The Hall–Kier alpha value is -1.92. The van der Waals surface area contributed by atoms with E-state index in [4.69, 9.17) is 4.98 Å². The normalized spacial score (nSPS) is 23.4. The number of aryl methyl sites for hydroxylation is 1. The van der Waals surface area contributed by atoms with Crippen LogP contribution in [0.5, 0.6) is 0 Å². The second kappa shape index (κ2) is 5.57. The van der Waals surface area contributed by atoms with Gasteiger partial charge in [0.1, 0.15) is 5.82 Å². The van der Waals surface area contributed by atoms with Crippen LogP contribution in [0.2, 0.25) is 0 Å². The van der Waals surface area contributed by atoms with Crippen molar-refractivity contribution in [2.24, 2.45) is 18.9 Å². The van der Waals surface area contributed by atoms with Crippen LogP contribution in [-0.2, 0) is 26.6 Å². The minimum absolute atomic E-state index is 0.737. The summed E-state index contributed by atoms with van der Waals surface area (Å²) >= 11 is 1.79. The molecule has 5 heterocycles. The number of likely N-dealkylation sites (tertiary alicyclic amines) is 1. The monoisotopic (exact) mass is 339 g/mol. The van der Waals surface area contributed by atoms with Crippen molar-refractivity contribution in [3.05, 3.63) is 46.8 Å². The van der Waals surface area contributed by atoms with E-state index in [0.29, 0.717) is 0 Å². The topological polar surface area (TPSA) is 38.9 Å². The minimum Gasteiger partial charge on any atom is -0.328 e. The van der Waals surface area contributed by atoms with Crippen molar-refractivity contribution in [3.63, 3.8) is 0 Å². The summed E-state index contributed by atoms with van der Waals surface area (Å²) in [4.78, 5) is 7.33. The Kier molecular flexibility index (Phi) is 3.35. The molecule has 3 aromatic heterocycles. The van der Waals surface area contributed by atoms with E-state index in [-0.39, 0.29) is 0 Å². The molecule has 6 heteroatoms. The van der Waals surface area contributed by atoms with E-state index in [9.17, 15) is 0 Å². The number of hydrogen-bond acceptors (Lipinski definition) is 4. The first-order chi connectivity index (χ1) is 11.8. The zero-order valence-electron chi connectivity index (χ0n) is 13.8. The molecule has 0 aromatic carbocycles. The van der Waals surface area contributed by atoms with Crippen LogP contribution < -0.4 is 0 Å². The summed E-state index contributed by atoms with van der Waals surface area (Å²) in [5.41, 5.74) is 3.84. The van der Waals surface area contributed by atoms with Crippen LogP contribution in [0, 0.1) is 11.8 Å². The first-order valence-electron chi connectivity index (χ1n) is 8.53. The summed E-state index contributed by atoms with van der Waals surface area (Å²) in [6.07, 6.45) is 7.14. The van der Waals surface area contributed by atoms with Crippen LogP contribution in [0.25, 0.3) is 11.3 Å². The molecule has 0 radical (unpaired) electrons. The number of hydrogen-bond donors (Lipinski definition) is 0. The highest BCUT2D eigenvalue weighted by atomic mass is 32.1. The van der Waals surface area contributed by atoms with Gasteiger partial charge in [0.05, 0.1) is 18.1 Å². The predicted molar refractivity (Wildman–Crippen MR) is 94.7 cm³/mol. The van der Waals surface area contributed by atoms with Crippen molar-refractivity contribution >= 4 is 11.3 Å². The summed E-state index contributed by atoms with van der Waals surface area (Å²) in [5, 5.41) is 8.76. The molecule has 124 valence electrons. The molecule has 1 fully saturated rings. The number of aromatic nitrogens is 4. The van der Waals surface area contributed by atoms with Crippen molar-refractivity contribution in [1.82, 2.24) is 24.2 Å². The quantitative estimate of drug-likeness (QED) is 0.736. The molecule has 0 aliphatic carbocycles. The summed E-state index contributed by atoms with van der Waals surface area (Å²) in [6.45, 7) is 4.58. The molecule has 24 heavy (non-hydrogen) atoms. The smallest absolute Gasteiger partial charge is 0.109 e. The predicted octanol–water partition coefficient (Wildman–Crippen LogP) is 2.65. The number of rotatable bonds is 3. The van der Waals surface area contributed by atoms with Gasteiger partial charge in [-0.3, -0.25) is 9.58 Å². The van der Waals surface area contributed by atoms with Gasteiger partial charge in [-0.15, -0.1) is 0 Å². The highest BCUT2D eigenvalue weighted by molar-refractivity contribution is 7.07. The molecular formula is C18H21N5S. The van der Waals surface area contributed by atoms with Gasteiger partial charge in [0, 0.05) is 51.4 Å². The zero-order valence-corrected chi connectivity index (χ0v) is 14.6. The lowest BCUT2D eigenvalue weighted by Crippen LogP contribution is -2.28. The van der Waals surface area contributed by atoms with Gasteiger partial charge in [-0.05, 0) is 34.2 Å². The second-order valence-electron chi connectivity index (χ2n) is 7.12. The number of fused-ring (bicyclic) bond motifs is 2. The van der Waals surface area contributed by atoms with Crippen LogP contribution in [0.1, 0.15) is 11.4 Å². The summed E-state index contributed by atoms with van der Waals surface area (Å²) in [7, 11) is 1.96. The molecule has 2 aliphatic rings. The largest absolute Gasteiger partial charge is 0.328 e. The lowest BCUT2D eigenvalue weighted by Gasteiger charge is -2.26. The molecule has 1 saturated heterocycles. The van der Waals surface area contributed by atoms with Gasteiger partial charge in [-0.2, -0.15) is 16.4 Å². The second-order valence-corrected chi connectivity index (χ2v) is 7.90. The van der Waals surface area contributed by atoms with Gasteiger partial charge < -0.3 is 4.57 Å². The first kappa shape index (κ1) is 14.4. The maximum atomic E-state index is 4.71. The number of nitrogens with zero attached hydrogens (tertiary/aromatic N) is 5. The molecule has 0 amide bonds. The molecule has 0 saturated carbocycles. The van der Waals surface area contributed by atoms with Crippen molar-refractivity contribution in [3.8, 4) is 11.3 Å². The van der Waals surface area contributed by atoms with Gasteiger partial charge in [0.15, 0.2) is 0 Å². The van der Waals surface area contributed by atoms with E-state index in [1.807, 2.05) is 24.1 Å². The third-order valence-corrected chi connectivity index (χ3v) is 6.17. The molecule has 0 bridgehead atoms. The fourth-order valence-electron chi connectivity index (χ4n) is 4.28. The highest BCUT2D eigenvalue weighted by Gasteiger charge is 2.37. The van der Waals surface area contributed by atoms with E-state index in [1.165, 1.54) is 35.7 Å². The van der Waals surface area contributed by atoms with Crippen LogP contribution in [-0.4, -0.2) is 37.3 Å². The first-order valence-corrected chi connectivity index (χ1v) is 9.47. The molecule has 5 rings (SSSR count). The van der Waals surface area contributed by atoms with Gasteiger partial charge >= 0.3 is 0 Å². The molecule has 3 aromatic rings. The van der Waals surface area contributed by atoms with Gasteiger partial charge in [0.25, 0.3) is 0 Å². The van der Waals surface area contributed by atoms with Crippen LogP contribution in [0.4, 0.5) is 0 Å². The Morgan fingerprint density at radius 1 is 1.21 bits per heavy atom.